The lowest BCUT2D eigenvalue weighted by molar-refractivity contribution is 0.302. The van der Waals surface area contributed by atoms with Crippen molar-refractivity contribution >= 4 is 0 Å². The molecule has 0 aliphatic heterocycles. The predicted molar refractivity (Wildman–Crippen MR) is 142 cm³/mol. The lowest BCUT2D eigenvalue weighted by atomic mass is 9.75. The van der Waals surface area contributed by atoms with Gasteiger partial charge in [-0.1, -0.05) is 88.8 Å². The third-order valence-electron chi connectivity index (χ3n) is 7.82. The lowest BCUT2D eigenvalue weighted by Crippen LogP contribution is -2.15. The molecule has 0 atom stereocenters. The highest BCUT2D eigenvalue weighted by molar-refractivity contribution is 5.56. The summed E-state index contributed by atoms with van der Waals surface area (Å²) in [7, 11) is 0. The number of hydrogen-bond donors (Lipinski definition) is 0. The first-order valence-corrected chi connectivity index (χ1v) is 13.7. The summed E-state index contributed by atoms with van der Waals surface area (Å²) in [5.41, 5.74) is 6.09. The van der Waals surface area contributed by atoms with E-state index >= 15 is 0 Å². The summed E-state index contributed by atoms with van der Waals surface area (Å²) >= 11 is 0. The van der Waals surface area contributed by atoms with E-state index in [9.17, 15) is 10.5 Å². The average molecular weight is 455 g/mol. The highest BCUT2D eigenvalue weighted by Crippen LogP contribution is 2.40. The highest BCUT2D eigenvalue weighted by atomic mass is 14.3. The van der Waals surface area contributed by atoms with Crippen molar-refractivity contribution in [2.75, 3.05) is 0 Å². The summed E-state index contributed by atoms with van der Waals surface area (Å²) < 4.78 is 0. The molecule has 0 aromatic heterocycles. The van der Waals surface area contributed by atoms with Crippen LogP contribution in [0.2, 0.25) is 0 Å². The molecule has 0 spiro atoms. The van der Waals surface area contributed by atoms with E-state index in [2.05, 4.69) is 62.4 Å². The van der Waals surface area contributed by atoms with Gasteiger partial charge in [0.05, 0.1) is 11.1 Å². The first-order valence-electron chi connectivity index (χ1n) is 13.7. The van der Waals surface area contributed by atoms with Crippen LogP contribution in [0.15, 0.2) is 36.4 Å². The Kier molecular flexibility index (Phi) is 10.7. The van der Waals surface area contributed by atoms with Crippen molar-refractivity contribution in [2.24, 2.45) is 5.92 Å². The van der Waals surface area contributed by atoms with E-state index in [-0.39, 0.29) is 0 Å². The molecule has 0 radical (unpaired) electrons. The largest absolute Gasteiger partial charge is 0.192 e. The van der Waals surface area contributed by atoms with Gasteiger partial charge in [-0.3, -0.25) is 0 Å². The first kappa shape index (κ1) is 26.0. The summed E-state index contributed by atoms with van der Waals surface area (Å²) in [6, 6.07) is 18.0. The van der Waals surface area contributed by atoms with Gasteiger partial charge >= 0.3 is 0 Å². The zero-order valence-corrected chi connectivity index (χ0v) is 21.4. The molecule has 2 aromatic rings. The Hall–Kier alpha value is -2.58. The summed E-state index contributed by atoms with van der Waals surface area (Å²) in [6.07, 6.45) is 16.8. The van der Waals surface area contributed by atoms with Crippen molar-refractivity contribution in [3.8, 4) is 12.1 Å². The van der Waals surface area contributed by atoms with Crippen LogP contribution >= 0.6 is 0 Å². The molecule has 2 heteroatoms. The molecule has 0 N–H and O–H groups in total. The van der Waals surface area contributed by atoms with Crippen molar-refractivity contribution in [3.63, 3.8) is 0 Å². The molecule has 180 valence electrons. The van der Waals surface area contributed by atoms with E-state index < -0.39 is 0 Å². The van der Waals surface area contributed by atoms with Gasteiger partial charge in [0.15, 0.2) is 0 Å². The number of unbranched alkanes of at least 4 members (excludes halogenated alkanes) is 4. The standard InChI is InChI=1S/C32H42N2/c1-3-5-7-9-25-11-13-27(14-12-25)17-20-29-21-22-30(32(24-34)31(29)23-33)28-18-15-26(16-19-28)10-8-6-4-2/h11-14,21-22,26,28H,3-10,15-20H2,1-2H3. The molecule has 0 bridgehead atoms. The summed E-state index contributed by atoms with van der Waals surface area (Å²) in [5, 5.41) is 19.9. The average Bonchev–Trinajstić information content (AvgIpc) is 2.88. The summed E-state index contributed by atoms with van der Waals surface area (Å²) in [4.78, 5) is 0. The lowest BCUT2D eigenvalue weighted by Gasteiger charge is -2.29. The second-order valence-electron chi connectivity index (χ2n) is 10.3. The van der Waals surface area contributed by atoms with Gasteiger partial charge in [0, 0.05) is 0 Å². The molecular formula is C32H42N2. The minimum Gasteiger partial charge on any atom is -0.192 e. The number of aryl methyl sites for hydroxylation is 3. The summed E-state index contributed by atoms with van der Waals surface area (Å²) in [5.74, 6) is 1.28. The summed E-state index contributed by atoms with van der Waals surface area (Å²) in [6.45, 7) is 4.50. The van der Waals surface area contributed by atoms with Gasteiger partial charge < -0.3 is 0 Å². The Balaban J connectivity index is 1.63. The smallest absolute Gasteiger partial charge is 0.101 e. The molecule has 2 aromatic carbocycles. The number of nitrogens with zero attached hydrogens (tertiary/aromatic N) is 2. The van der Waals surface area contributed by atoms with E-state index in [1.54, 1.807) is 0 Å². The van der Waals surface area contributed by atoms with E-state index in [1.807, 2.05) is 0 Å². The van der Waals surface area contributed by atoms with Crippen LogP contribution in [0.3, 0.4) is 0 Å². The third kappa shape index (κ3) is 7.21. The topological polar surface area (TPSA) is 47.6 Å². The minimum absolute atomic E-state index is 0.429. The Morgan fingerprint density at radius 2 is 1.29 bits per heavy atom. The molecule has 0 saturated heterocycles. The zero-order chi connectivity index (χ0) is 24.2. The van der Waals surface area contributed by atoms with Gasteiger partial charge in [0.2, 0.25) is 0 Å². The van der Waals surface area contributed by atoms with Crippen molar-refractivity contribution in [1.29, 1.82) is 10.5 Å². The highest BCUT2D eigenvalue weighted by Gasteiger charge is 2.25. The molecule has 1 saturated carbocycles. The van der Waals surface area contributed by atoms with Crippen LogP contribution in [0.4, 0.5) is 0 Å². The fourth-order valence-corrected chi connectivity index (χ4v) is 5.63. The predicted octanol–water partition coefficient (Wildman–Crippen LogP) is 8.80. The van der Waals surface area contributed by atoms with Crippen LogP contribution in [0.1, 0.15) is 124 Å². The van der Waals surface area contributed by atoms with E-state index in [4.69, 9.17) is 0 Å². The molecule has 1 aliphatic carbocycles. The van der Waals surface area contributed by atoms with Crippen LogP contribution in [0.5, 0.6) is 0 Å². The molecular weight excluding hydrogens is 412 g/mol. The van der Waals surface area contributed by atoms with Gasteiger partial charge in [0.1, 0.15) is 12.1 Å². The van der Waals surface area contributed by atoms with Gasteiger partial charge in [-0.15, -0.1) is 0 Å². The van der Waals surface area contributed by atoms with E-state index in [0.29, 0.717) is 17.0 Å². The molecule has 0 heterocycles. The normalized spacial score (nSPS) is 17.8. The third-order valence-corrected chi connectivity index (χ3v) is 7.82. The van der Waals surface area contributed by atoms with Crippen molar-refractivity contribution in [3.05, 3.63) is 69.8 Å². The maximum absolute atomic E-state index is 9.98. The number of benzene rings is 2. The molecule has 1 fully saturated rings. The van der Waals surface area contributed by atoms with Gasteiger partial charge in [0.25, 0.3) is 0 Å². The molecule has 3 rings (SSSR count). The number of hydrogen-bond acceptors (Lipinski definition) is 2. The number of rotatable bonds is 12. The molecule has 1 aliphatic rings. The van der Waals surface area contributed by atoms with Crippen LogP contribution in [-0.4, -0.2) is 0 Å². The SMILES string of the molecule is CCCCCc1ccc(CCc2ccc(C3CCC(CCCCC)CC3)c(C#N)c2C#N)cc1. The molecule has 2 nitrogen and oxygen atoms in total. The van der Waals surface area contributed by atoms with Gasteiger partial charge in [-0.05, 0) is 85.5 Å². The van der Waals surface area contributed by atoms with Gasteiger partial charge in [-0.2, -0.15) is 10.5 Å². The van der Waals surface area contributed by atoms with E-state index in [1.165, 1.54) is 68.9 Å². The molecule has 34 heavy (non-hydrogen) atoms. The van der Waals surface area contributed by atoms with Crippen molar-refractivity contribution in [2.45, 2.75) is 110 Å². The Morgan fingerprint density at radius 3 is 1.91 bits per heavy atom. The van der Waals surface area contributed by atoms with Crippen LogP contribution in [0.25, 0.3) is 0 Å². The second kappa shape index (κ2) is 14.0. The Morgan fingerprint density at radius 1 is 0.676 bits per heavy atom. The second-order valence-corrected chi connectivity index (χ2v) is 10.3. The zero-order valence-electron chi connectivity index (χ0n) is 21.4. The fraction of sp³-hybridized carbons (Fsp3) is 0.562. The maximum Gasteiger partial charge on any atom is 0.101 e. The minimum atomic E-state index is 0.429. The maximum atomic E-state index is 9.98. The van der Waals surface area contributed by atoms with E-state index in [0.717, 1.165) is 49.1 Å². The van der Waals surface area contributed by atoms with Crippen LogP contribution in [-0.2, 0) is 19.3 Å². The first-order chi connectivity index (χ1) is 16.7. The quantitative estimate of drug-likeness (QED) is 0.301. The van der Waals surface area contributed by atoms with Crippen LogP contribution < -0.4 is 0 Å². The number of nitriles is 2. The molecule has 0 unspecified atom stereocenters. The van der Waals surface area contributed by atoms with Gasteiger partial charge in [-0.25, -0.2) is 0 Å². The monoisotopic (exact) mass is 454 g/mol. The van der Waals surface area contributed by atoms with Crippen molar-refractivity contribution in [1.82, 2.24) is 0 Å². The molecule has 0 amide bonds. The Labute approximate surface area is 208 Å². The fourth-order valence-electron chi connectivity index (χ4n) is 5.63. The Bertz CT molecular complexity index is 966. The van der Waals surface area contributed by atoms with Crippen molar-refractivity contribution < 1.29 is 0 Å². The van der Waals surface area contributed by atoms with Crippen LogP contribution in [0, 0.1) is 28.6 Å².